The van der Waals surface area contributed by atoms with Gasteiger partial charge < -0.3 is 10.0 Å². The highest BCUT2D eigenvalue weighted by Gasteiger charge is 2.27. The van der Waals surface area contributed by atoms with Crippen molar-refractivity contribution < 1.29 is 10.0 Å². The number of benzene rings is 1. The Morgan fingerprint density at radius 2 is 2.28 bits per heavy atom. The summed E-state index contributed by atoms with van der Waals surface area (Å²) in [4.78, 5) is 12.5. The fourth-order valence-corrected chi connectivity index (χ4v) is 2.55. The summed E-state index contributed by atoms with van der Waals surface area (Å²) < 4.78 is 0. The zero-order valence-electron chi connectivity index (χ0n) is 9.88. The first kappa shape index (κ1) is 13.1. The van der Waals surface area contributed by atoms with Gasteiger partial charge in [0.05, 0.1) is 17.6 Å². The van der Waals surface area contributed by atoms with Crippen molar-refractivity contribution in [1.29, 1.82) is 0 Å². The number of piperidine rings is 1. The van der Waals surface area contributed by atoms with E-state index in [-0.39, 0.29) is 18.3 Å². The Morgan fingerprint density at radius 1 is 1.50 bits per heavy atom. The zero-order valence-corrected chi connectivity index (χ0v) is 10.6. The second-order valence-corrected chi connectivity index (χ2v) is 4.85. The molecule has 0 aromatic heterocycles. The van der Waals surface area contributed by atoms with Gasteiger partial charge >= 0.3 is 0 Å². The highest BCUT2D eigenvalue weighted by Crippen LogP contribution is 2.34. The molecule has 1 atom stereocenters. The topological polar surface area (TPSA) is 66.6 Å². The van der Waals surface area contributed by atoms with Gasteiger partial charge in [0.2, 0.25) is 0 Å². The molecule has 1 fully saturated rings. The first-order valence-electron chi connectivity index (χ1n) is 5.95. The Hall–Kier alpha value is -1.33. The zero-order chi connectivity index (χ0) is 13.1. The van der Waals surface area contributed by atoms with Gasteiger partial charge in [-0.25, -0.2) is 0 Å². The van der Waals surface area contributed by atoms with Crippen LogP contribution in [0.5, 0.6) is 0 Å². The predicted octanol–water partition coefficient (Wildman–Crippen LogP) is 2.60. The van der Waals surface area contributed by atoms with Crippen molar-refractivity contribution in [2.24, 2.45) is 0 Å². The highest BCUT2D eigenvalue weighted by atomic mass is 35.5. The van der Waals surface area contributed by atoms with Crippen molar-refractivity contribution in [2.75, 3.05) is 18.1 Å². The van der Waals surface area contributed by atoms with Gasteiger partial charge in [0.15, 0.2) is 0 Å². The van der Waals surface area contributed by atoms with Crippen molar-refractivity contribution in [3.63, 3.8) is 0 Å². The van der Waals surface area contributed by atoms with Crippen molar-refractivity contribution >= 4 is 23.0 Å². The molecule has 0 aliphatic carbocycles. The number of rotatable bonds is 3. The molecule has 0 bridgehead atoms. The standard InChI is InChI=1S/C12H15ClN2O3/c13-9-4-5-11(15(17)18)12(7-9)14-6-2-1-3-10(14)8-16/h4-5,7,10,16H,1-3,6,8H2. The number of aliphatic hydroxyl groups is 1. The Kier molecular flexibility index (Phi) is 4.04. The molecule has 98 valence electrons. The van der Waals surface area contributed by atoms with Crippen LogP contribution in [0.3, 0.4) is 0 Å². The Balaban J connectivity index is 2.41. The molecular formula is C12H15ClN2O3. The van der Waals surface area contributed by atoms with Gasteiger partial charge in [-0.2, -0.15) is 0 Å². The second kappa shape index (κ2) is 5.54. The van der Waals surface area contributed by atoms with Crippen LogP contribution in [0, 0.1) is 10.1 Å². The molecule has 0 spiro atoms. The van der Waals surface area contributed by atoms with E-state index < -0.39 is 4.92 Å². The molecule has 1 saturated heterocycles. The summed E-state index contributed by atoms with van der Waals surface area (Å²) in [5.41, 5.74) is 0.547. The molecule has 1 aliphatic heterocycles. The monoisotopic (exact) mass is 270 g/mol. The number of nitrogens with zero attached hydrogens (tertiary/aromatic N) is 2. The number of nitro benzene ring substituents is 1. The van der Waals surface area contributed by atoms with E-state index >= 15 is 0 Å². The number of nitro groups is 1. The molecule has 2 rings (SSSR count). The van der Waals surface area contributed by atoms with E-state index in [1.54, 1.807) is 6.07 Å². The van der Waals surface area contributed by atoms with Crippen LogP contribution < -0.4 is 4.90 Å². The number of anilines is 1. The van der Waals surface area contributed by atoms with E-state index in [2.05, 4.69) is 0 Å². The van der Waals surface area contributed by atoms with Crippen LogP contribution in [0.15, 0.2) is 18.2 Å². The molecule has 6 heteroatoms. The first-order chi connectivity index (χ1) is 8.63. The van der Waals surface area contributed by atoms with Gasteiger partial charge in [-0.15, -0.1) is 0 Å². The van der Waals surface area contributed by atoms with Crippen molar-refractivity contribution in [2.45, 2.75) is 25.3 Å². The third kappa shape index (κ3) is 2.57. The molecule has 1 aromatic carbocycles. The summed E-state index contributed by atoms with van der Waals surface area (Å²) in [5, 5.41) is 20.9. The normalized spacial score (nSPS) is 19.9. The summed E-state index contributed by atoms with van der Waals surface area (Å²) in [5.74, 6) is 0. The third-order valence-electron chi connectivity index (χ3n) is 3.28. The smallest absolute Gasteiger partial charge is 0.292 e. The maximum atomic E-state index is 11.0. The average Bonchev–Trinajstić information content (AvgIpc) is 2.38. The molecule has 0 amide bonds. The van der Waals surface area contributed by atoms with E-state index in [9.17, 15) is 15.2 Å². The summed E-state index contributed by atoms with van der Waals surface area (Å²) in [6, 6.07) is 4.48. The Morgan fingerprint density at radius 3 is 2.94 bits per heavy atom. The average molecular weight is 271 g/mol. The lowest BCUT2D eigenvalue weighted by molar-refractivity contribution is -0.384. The molecule has 1 unspecified atom stereocenters. The van der Waals surface area contributed by atoms with Crippen molar-refractivity contribution in [3.05, 3.63) is 33.3 Å². The molecule has 5 nitrogen and oxygen atoms in total. The minimum atomic E-state index is -0.408. The lowest BCUT2D eigenvalue weighted by Gasteiger charge is -2.36. The van der Waals surface area contributed by atoms with Crippen LogP contribution in [-0.2, 0) is 0 Å². The van der Waals surface area contributed by atoms with Crippen molar-refractivity contribution in [1.82, 2.24) is 0 Å². The maximum absolute atomic E-state index is 11.0. The Labute approximate surface area is 110 Å². The van der Waals surface area contributed by atoms with Crippen LogP contribution >= 0.6 is 11.6 Å². The van der Waals surface area contributed by atoms with Crippen LogP contribution in [0.25, 0.3) is 0 Å². The molecular weight excluding hydrogens is 256 g/mol. The van der Waals surface area contributed by atoms with Crippen molar-refractivity contribution in [3.8, 4) is 0 Å². The van der Waals surface area contributed by atoms with E-state index in [1.807, 2.05) is 4.90 Å². The third-order valence-corrected chi connectivity index (χ3v) is 3.52. The summed E-state index contributed by atoms with van der Waals surface area (Å²) in [6.45, 7) is 0.718. The summed E-state index contributed by atoms with van der Waals surface area (Å²) >= 11 is 5.92. The number of aliphatic hydroxyl groups excluding tert-OH is 1. The van der Waals surface area contributed by atoms with Crippen LogP contribution in [0.1, 0.15) is 19.3 Å². The highest BCUT2D eigenvalue weighted by molar-refractivity contribution is 6.31. The molecule has 18 heavy (non-hydrogen) atoms. The first-order valence-corrected chi connectivity index (χ1v) is 6.32. The maximum Gasteiger partial charge on any atom is 0.292 e. The minimum absolute atomic E-state index is 0.00364. The van der Waals surface area contributed by atoms with Gasteiger partial charge in [0.25, 0.3) is 5.69 Å². The molecule has 1 heterocycles. The van der Waals surface area contributed by atoms with Crippen LogP contribution in [0.4, 0.5) is 11.4 Å². The summed E-state index contributed by atoms with van der Waals surface area (Å²) in [6.07, 6.45) is 2.86. The number of hydrogen-bond donors (Lipinski definition) is 1. The SMILES string of the molecule is O=[N+]([O-])c1ccc(Cl)cc1N1CCCCC1CO. The molecule has 0 saturated carbocycles. The number of hydrogen-bond acceptors (Lipinski definition) is 4. The molecule has 1 aromatic rings. The quantitative estimate of drug-likeness (QED) is 0.677. The molecule has 1 aliphatic rings. The van der Waals surface area contributed by atoms with Gasteiger partial charge in [0, 0.05) is 17.6 Å². The van der Waals surface area contributed by atoms with Crippen LogP contribution in [0.2, 0.25) is 5.02 Å². The molecule has 0 radical (unpaired) electrons. The second-order valence-electron chi connectivity index (χ2n) is 4.42. The fraction of sp³-hybridized carbons (Fsp3) is 0.500. The lowest BCUT2D eigenvalue weighted by Crippen LogP contribution is -2.42. The minimum Gasteiger partial charge on any atom is -0.394 e. The number of halogens is 1. The van der Waals surface area contributed by atoms with Gasteiger partial charge in [-0.3, -0.25) is 10.1 Å². The van der Waals surface area contributed by atoms with E-state index in [0.717, 1.165) is 19.3 Å². The van der Waals surface area contributed by atoms with E-state index in [1.165, 1.54) is 12.1 Å². The summed E-state index contributed by atoms with van der Waals surface area (Å²) in [7, 11) is 0. The largest absolute Gasteiger partial charge is 0.394 e. The van der Waals surface area contributed by atoms with Gasteiger partial charge in [-0.05, 0) is 31.4 Å². The lowest BCUT2D eigenvalue weighted by atomic mass is 10.0. The Bertz CT molecular complexity index is 453. The fourth-order valence-electron chi connectivity index (χ4n) is 2.39. The van der Waals surface area contributed by atoms with Gasteiger partial charge in [0.1, 0.15) is 5.69 Å². The molecule has 1 N–H and O–H groups in total. The predicted molar refractivity (Wildman–Crippen MR) is 70.2 cm³/mol. The van der Waals surface area contributed by atoms with E-state index in [4.69, 9.17) is 11.6 Å². The van der Waals surface area contributed by atoms with E-state index in [0.29, 0.717) is 17.3 Å². The van der Waals surface area contributed by atoms with Crippen LogP contribution in [-0.4, -0.2) is 29.2 Å². The van der Waals surface area contributed by atoms with Gasteiger partial charge in [-0.1, -0.05) is 11.6 Å².